The Labute approximate surface area is 319 Å². The number of fused-ring (bicyclic) bond motifs is 1. The predicted octanol–water partition coefficient (Wildman–Crippen LogP) is 6.12. The molecule has 0 spiro atoms. The summed E-state index contributed by atoms with van der Waals surface area (Å²) in [4.78, 5) is 73.4. The molecule has 3 heterocycles. The molecule has 2 saturated carbocycles. The second-order valence-corrected chi connectivity index (χ2v) is 18.6. The number of alkyl carbamates (subject to hydrolysis) is 1. The third-order valence-corrected chi connectivity index (χ3v) is 13.3. The molecule has 1 saturated heterocycles. The van der Waals surface area contributed by atoms with Gasteiger partial charge >= 0.3 is 13.7 Å². The van der Waals surface area contributed by atoms with E-state index in [9.17, 15) is 28.7 Å². The Balaban J connectivity index is 1.34. The van der Waals surface area contributed by atoms with E-state index >= 15 is 0 Å². The van der Waals surface area contributed by atoms with Gasteiger partial charge in [0, 0.05) is 41.2 Å². The fraction of sp³-hybridized carbons (Fsp3) is 0.553. The summed E-state index contributed by atoms with van der Waals surface area (Å²) in [5.41, 5.74) is 1.03. The summed E-state index contributed by atoms with van der Waals surface area (Å²) in [6, 6.07) is 4.90. The maximum Gasteiger partial charge on any atom is 0.408 e. The van der Waals surface area contributed by atoms with Gasteiger partial charge in [0.05, 0.1) is 35.6 Å². The number of nitrogens with zero attached hydrogens (tertiary/aromatic N) is 3. The summed E-state index contributed by atoms with van der Waals surface area (Å²) in [6.45, 7) is 13.2. The minimum Gasteiger partial charge on any atom is -0.497 e. The van der Waals surface area contributed by atoms with Gasteiger partial charge in [0.15, 0.2) is 0 Å². The molecule has 14 nitrogen and oxygen atoms in total. The van der Waals surface area contributed by atoms with E-state index in [-0.39, 0.29) is 31.4 Å². The summed E-state index contributed by atoms with van der Waals surface area (Å²) in [7, 11) is -3.26. The van der Waals surface area contributed by atoms with Crippen molar-refractivity contribution in [2.75, 3.05) is 13.7 Å². The van der Waals surface area contributed by atoms with Gasteiger partial charge in [-0.3, -0.25) is 14.2 Å². The van der Waals surface area contributed by atoms with Crippen molar-refractivity contribution in [1.29, 1.82) is 0 Å². The third-order valence-electron chi connectivity index (χ3n) is 10.5. The summed E-state index contributed by atoms with van der Waals surface area (Å²) >= 11 is 1.54. The molecule has 2 aromatic heterocycles. The van der Waals surface area contributed by atoms with Gasteiger partial charge in [-0.2, -0.15) is 0 Å². The molecule has 54 heavy (non-hydrogen) atoms. The van der Waals surface area contributed by atoms with E-state index in [0.29, 0.717) is 33.8 Å². The number of thiazole rings is 1. The van der Waals surface area contributed by atoms with Crippen molar-refractivity contribution < 1.29 is 42.9 Å². The smallest absolute Gasteiger partial charge is 0.408 e. The average molecular weight is 784 g/mol. The highest BCUT2D eigenvalue weighted by Gasteiger charge is 2.66. The number of ether oxygens (including phenoxy) is 3. The van der Waals surface area contributed by atoms with Crippen LogP contribution in [0.1, 0.15) is 84.1 Å². The van der Waals surface area contributed by atoms with Crippen molar-refractivity contribution in [2.24, 2.45) is 11.3 Å². The largest absolute Gasteiger partial charge is 0.497 e. The zero-order chi connectivity index (χ0) is 39.2. The first-order valence-electron chi connectivity index (χ1n) is 18.3. The first-order valence-corrected chi connectivity index (χ1v) is 20.8. The van der Waals surface area contributed by atoms with E-state index < -0.39 is 60.3 Å². The highest BCUT2D eigenvalue weighted by atomic mass is 32.1. The number of amides is 3. The highest BCUT2D eigenvalue weighted by Crippen LogP contribution is 2.67. The molecule has 16 heteroatoms. The highest BCUT2D eigenvalue weighted by molar-refractivity contribution is 7.54. The number of benzene rings is 1. The lowest BCUT2D eigenvalue weighted by Gasteiger charge is -2.35. The molecule has 3 fully saturated rings. The molecule has 4 N–H and O–H groups in total. The molecule has 3 aliphatic rings. The van der Waals surface area contributed by atoms with Crippen molar-refractivity contribution in [3.05, 3.63) is 47.3 Å². The summed E-state index contributed by atoms with van der Waals surface area (Å²) < 4.78 is 30.4. The van der Waals surface area contributed by atoms with E-state index in [1.165, 1.54) is 22.3 Å². The van der Waals surface area contributed by atoms with Crippen LogP contribution in [-0.2, 0) is 18.9 Å². The fourth-order valence-electron chi connectivity index (χ4n) is 7.28. The number of pyridine rings is 1. The molecule has 0 radical (unpaired) electrons. The van der Waals surface area contributed by atoms with Crippen molar-refractivity contribution in [2.45, 2.75) is 109 Å². The molecule has 6 rings (SSSR count). The molecule has 1 aliphatic heterocycles. The van der Waals surface area contributed by atoms with Crippen LogP contribution in [0.3, 0.4) is 0 Å². The molecule has 3 amide bonds. The molecule has 3 aromatic rings. The van der Waals surface area contributed by atoms with Crippen molar-refractivity contribution in [3.8, 4) is 22.9 Å². The molecule has 292 valence electrons. The maximum absolute atomic E-state index is 14.6. The Hall–Kier alpha value is -4.04. The summed E-state index contributed by atoms with van der Waals surface area (Å²) in [5, 5.41) is 7.11. The van der Waals surface area contributed by atoms with Crippen molar-refractivity contribution in [3.63, 3.8) is 0 Å². The van der Waals surface area contributed by atoms with Crippen LogP contribution in [0.5, 0.6) is 11.5 Å². The van der Waals surface area contributed by atoms with Gasteiger partial charge in [-0.25, -0.2) is 14.8 Å². The van der Waals surface area contributed by atoms with Gasteiger partial charge in [0.25, 0.3) is 0 Å². The average Bonchev–Trinajstić information content (AvgIpc) is 3.54. The second-order valence-electron chi connectivity index (χ2n) is 15.9. The van der Waals surface area contributed by atoms with Crippen LogP contribution >= 0.6 is 18.9 Å². The van der Waals surface area contributed by atoms with Crippen LogP contribution in [0.4, 0.5) is 4.79 Å². The molecule has 1 aromatic carbocycles. The zero-order valence-electron chi connectivity index (χ0n) is 31.5. The van der Waals surface area contributed by atoms with Gasteiger partial charge in [-0.1, -0.05) is 40.7 Å². The minimum absolute atomic E-state index is 0.000451. The fourth-order valence-corrected chi connectivity index (χ4v) is 9.34. The predicted molar refractivity (Wildman–Crippen MR) is 204 cm³/mol. The molecule has 0 bridgehead atoms. The first-order chi connectivity index (χ1) is 25.4. The van der Waals surface area contributed by atoms with Crippen molar-refractivity contribution in [1.82, 2.24) is 25.5 Å². The monoisotopic (exact) mass is 783 g/mol. The molecule has 2 aliphatic carbocycles. The molecular formula is C38H50N5O9PS. The standard InChI is InChI=1S/C38H50N5O9PS/c1-8-22-18-38(22,53(47,48)49)42-33(44)30-16-25(19-43(30)35(45)32(37(4,5)6)41-36(46)52-23-11-9-10-12-23)51-31-17-28(29-20-54-34(40-29)21(2)3)39-27-15-24(50-7)13-14-26(27)31/h8,13-15,17,20-23,25,30,32H,1,9-12,16,18-19H2,2-7H3,(H,41,46)(H,42,44)(H2,47,48,49)/t22?,25-,30+,32-,38+/m1/s1. The number of rotatable bonds is 12. The number of hydrogen-bond acceptors (Lipinski definition) is 10. The molecular weight excluding hydrogens is 733 g/mol. The molecule has 1 unspecified atom stereocenters. The number of aromatic nitrogens is 2. The lowest BCUT2D eigenvalue weighted by atomic mass is 9.85. The van der Waals surface area contributed by atoms with E-state index in [4.69, 9.17) is 24.2 Å². The number of nitrogens with one attached hydrogen (secondary N) is 2. The number of hydrogen-bond donors (Lipinski definition) is 4. The van der Waals surface area contributed by atoms with Gasteiger partial charge in [-0.05, 0) is 49.7 Å². The Morgan fingerprint density at radius 3 is 2.43 bits per heavy atom. The van der Waals surface area contributed by atoms with Crippen LogP contribution in [0.15, 0.2) is 42.3 Å². The third kappa shape index (κ3) is 8.14. The van der Waals surface area contributed by atoms with Crippen LogP contribution in [0, 0.1) is 11.3 Å². The lowest BCUT2D eigenvalue weighted by Crippen LogP contribution is -2.58. The normalized spacial score (nSPS) is 23.6. The first kappa shape index (κ1) is 39.6. The Morgan fingerprint density at radius 1 is 1.11 bits per heavy atom. The number of methoxy groups -OCH3 is 1. The maximum atomic E-state index is 14.6. The van der Waals surface area contributed by atoms with Crippen LogP contribution in [0.25, 0.3) is 22.3 Å². The van der Waals surface area contributed by atoms with Crippen molar-refractivity contribution >= 4 is 47.7 Å². The van der Waals surface area contributed by atoms with E-state index in [1.54, 1.807) is 46.1 Å². The van der Waals surface area contributed by atoms with E-state index in [1.807, 2.05) is 11.4 Å². The minimum atomic E-state index is -4.82. The number of likely N-dealkylation sites (tertiary alicyclic amines) is 1. The summed E-state index contributed by atoms with van der Waals surface area (Å²) in [6.07, 6.45) is 3.15. The Kier molecular flexibility index (Phi) is 11.2. The topological polar surface area (TPSA) is 190 Å². The van der Waals surface area contributed by atoms with Gasteiger partial charge in [0.1, 0.15) is 41.1 Å². The quantitative estimate of drug-likeness (QED) is 0.122. The van der Waals surface area contributed by atoms with Gasteiger partial charge < -0.3 is 39.5 Å². The Morgan fingerprint density at radius 2 is 1.83 bits per heavy atom. The number of carbonyl (C=O) groups excluding carboxylic acids is 3. The lowest BCUT2D eigenvalue weighted by molar-refractivity contribution is -0.142. The SMILES string of the molecule is C=CC1C[C@]1(NC(=O)[C@@H]1C[C@@H](Oc2cc(-c3csc(C(C)C)n3)nc3cc(OC)ccc23)CN1C(=O)[C@@H](NC(=O)OC1CCCC1)C(C)(C)C)P(=O)(O)O. The number of carbonyl (C=O) groups is 3. The van der Waals surface area contributed by atoms with Crippen LogP contribution in [0.2, 0.25) is 0 Å². The van der Waals surface area contributed by atoms with Crippen LogP contribution < -0.4 is 20.1 Å². The second kappa shape index (κ2) is 15.2. The van der Waals surface area contributed by atoms with Gasteiger partial charge in [-0.15, -0.1) is 17.9 Å². The van der Waals surface area contributed by atoms with E-state index in [0.717, 1.165) is 30.7 Å². The van der Waals surface area contributed by atoms with Gasteiger partial charge in [0.2, 0.25) is 11.8 Å². The summed E-state index contributed by atoms with van der Waals surface area (Å²) in [5.74, 6) is -0.666. The van der Waals surface area contributed by atoms with Crippen LogP contribution in [-0.4, -0.2) is 85.8 Å². The Bertz CT molecular complexity index is 1970. The van der Waals surface area contributed by atoms with E-state index in [2.05, 4.69) is 31.1 Å². The zero-order valence-corrected chi connectivity index (χ0v) is 33.2. The molecule has 5 atom stereocenters.